The van der Waals surface area contributed by atoms with Crippen LogP contribution >= 0.6 is 0 Å². The molecule has 1 heterocycles. The Morgan fingerprint density at radius 2 is 2.19 bits per heavy atom. The predicted molar refractivity (Wildman–Crippen MR) is 85.9 cm³/mol. The van der Waals surface area contributed by atoms with Crippen molar-refractivity contribution >= 4 is 0 Å². The van der Waals surface area contributed by atoms with Gasteiger partial charge in [-0.3, -0.25) is 4.90 Å². The Bertz CT molecular complexity index is 452. The summed E-state index contributed by atoms with van der Waals surface area (Å²) in [6, 6.07) is 8.61. The van der Waals surface area contributed by atoms with Gasteiger partial charge >= 0.3 is 0 Å². The number of piperidine rings is 1. The first-order valence-corrected chi connectivity index (χ1v) is 7.69. The van der Waals surface area contributed by atoms with E-state index in [-0.39, 0.29) is 5.60 Å². The summed E-state index contributed by atoms with van der Waals surface area (Å²) in [4.78, 5) is 2.49. The van der Waals surface area contributed by atoms with Gasteiger partial charge in [-0.25, -0.2) is 0 Å². The molecule has 1 saturated heterocycles. The molecule has 2 atom stereocenters. The van der Waals surface area contributed by atoms with Crippen LogP contribution in [0, 0.1) is 0 Å². The molecular weight excluding hydrogens is 264 g/mol. The standard InChI is InChI=1S/C17H28N2O2/c1-17(21-4)9-6-10-19(13-17)12-16(18-2)14-7-5-8-15(11-14)20-3/h5,7-8,11,16,18H,6,9-10,12-13H2,1-4H3. The van der Waals surface area contributed by atoms with E-state index in [0.29, 0.717) is 6.04 Å². The summed E-state index contributed by atoms with van der Waals surface area (Å²) in [5.41, 5.74) is 1.26. The third-order valence-electron chi connectivity index (χ3n) is 4.52. The minimum Gasteiger partial charge on any atom is -0.497 e. The van der Waals surface area contributed by atoms with E-state index in [1.807, 2.05) is 26.3 Å². The van der Waals surface area contributed by atoms with E-state index < -0.39 is 0 Å². The second-order valence-corrected chi connectivity index (χ2v) is 6.11. The number of benzene rings is 1. The van der Waals surface area contributed by atoms with Crippen molar-refractivity contribution in [3.05, 3.63) is 29.8 Å². The number of methoxy groups -OCH3 is 2. The molecule has 1 fully saturated rings. The van der Waals surface area contributed by atoms with Crippen molar-refractivity contribution in [3.63, 3.8) is 0 Å². The number of rotatable bonds is 6. The van der Waals surface area contributed by atoms with E-state index in [9.17, 15) is 0 Å². The van der Waals surface area contributed by atoms with Gasteiger partial charge in [-0.2, -0.15) is 0 Å². The normalized spacial score (nSPS) is 24.8. The first-order chi connectivity index (χ1) is 10.1. The highest BCUT2D eigenvalue weighted by molar-refractivity contribution is 5.30. The molecule has 1 aromatic carbocycles. The van der Waals surface area contributed by atoms with Crippen LogP contribution < -0.4 is 10.1 Å². The Balaban J connectivity index is 2.04. The lowest BCUT2D eigenvalue weighted by atomic mass is 9.94. The van der Waals surface area contributed by atoms with Gasteiger partial charge in [0.1, 0.15) is 5.75 Å². The fraction of sp³-hybridized carbons (Fsp3) is 0.647. The SMILES string of the molecule is CNC(CN1CCCC(C)(OC)C1)c1cccc(OC)c1. The van der Waals surface area contributed by atoms with E-state index in [4.69, 9.17) is 9.47 Å². The van der Waals surface area contributed by atoms with Crippen molar-refractivity contribution in [1.82, 2.24) is 10.2 Å². The molecule has 1 aromatic rings. The average molecular weight is 292 g/mol. The average Bonchev–Trinajstić information content (AvgIpc) is 2.53. The molecule has 4 heteroatoms. The summed E-state index contributed by atoms with van der Waals surface area (Å²) in [6.45, 7) is 5.33. The molecule has 0 spiro atoms. The quantitative estimate of drug-likeness (QED) is 0.873. The van der Waals surface area contributed by atoms with E-state index >= 15 is 0 Å². The summed E-state index contributed by atoms with van der Waals surface area (Å²) in [5.74, 6) is 0.910. The Labute approximate surface area is 128 Å². The second kappa shape index (κ2) is 7.25. The summed E-state index contributed by atoms with van der Waals surface area (Å²) in [6.07, 6.45) is 2.34. The number of nitrogens with one attached hydrogen (secondary N) is 1. The smallest absolute Gasteiger partial charge is 0.119 e. The fourth-order valence-corrected chi connectivity index (χ4v) is 3.11. The predicted octanol–water partition coefficient (Wildman–Crippen LogP) is 2.46. The molecule has 2 rings (SSSR count). The molecule has 0 radical (unpaired) electrons. The highest BCUT2D eigenvalue weighted by Crippen LogP contribution is 2.26. The molecule has 118 valence electrons. The number of likely N-dealkylation sites (N-methyl/N-ethyl adjacent to an activating group) is 1. The molecule has 1 aliphatic rings. The fourth-order valence-electron chi connectivity index (χ4n) is 3.11. The number of nitrogens with zero attached hydrogens (tertiary/aromatic N) is 1. The summed E-state index contributed by atoms with van der Waals surface area (Å²) in [5, 5.41) is 3.42. The van der Waals surface area contributed by atoms with E-state index in [1.54, 1.807) is 7.11 Å². The van der Waals surface area contributed by atoms with Gasteiger partial charge in [0.05, 0.1) is 12.7 Å². The maximum absolute atomic E-state index is 5.68. The third kappa shape index (κ3) is 4.19. The molecule has 1 N–H and O–H groups in total. The maximum Gasteiger partial charge on any atom is 0.119 e. The van der Waals surface area contributed by atoms with E-state index in [0.717, 1.165) is 31.8 Å². The van der Waals surface area contributed by atoms with Gasteiger partial charge in [0, 0.05) is 26.2 Å². The summed E-state index contributed by atoms with van der Waals surface area (Å²) >= 11 is 0. The first-order valence-electron chi connectivity index (χ1n) is 7.69. The summed E-state index contributed by atoms with van der Waals surface area (Å²) in [7, 11) is 5.55. The molecule has 2 unspecified atom stereocenters. The summed E-state index contributed by atoms with van der Waals surface area (Å²) < 4.78 is 11.0. The number of hydrogen-bond donors (Lipinski definition) is 1. The van der Waals surface area contributed by atoms with Crippen LogP contribution in [0.25, 0.3) is 0 Å². The van der Waals surface area contributed by atoms with Crippen LogP contribution in [-0.4, -0.2) is 51.4 Å². The highest BCUT2D eigenvalue weighted by atomic mass is 16.5. The van der Waals surface area contributed by atoms with E-state index in [2.05, 4.69) is 29.3 Å². The largest absolute Gasteiger partial charge is 0.497 e. The topological polar surface area (TPSA) is 33.7 Å². The maximum atomic E-state index is 5.68. The van der Waals surface area contributed by atoms with Crippen LogP contribution in [0.4, 0.5) is 0 Å². The molecule has 4 nitrogen and oxygen atoms in total. The van der Waals surface area contributed by atoms with Gasteiger partial charge < -0.3 is 14.8 Å². The molecule has 0 amide bonds. The molecule has 0 saturated carbocycles. The molecular formula is C17H28N2O2. The minimum atomic E-state index is -0.00901. The van der Waals surface area contributed by atoms with Gasteiger partial charge in [-0.15, -0.1) is 0 Å². The second-order valence-electron chi connectivity index (χ2n) is 6.11. The van der Waals surface area contributed by atoms with Gasteiger partial charge in [-0.05, 0) is 51.1 Å². The number of likely N-dealkylation sites (tertiary alicyclic amines) is 1. The zero-order chi connectivity index (χ0) is 15.3. The number of hydrogen-bond acceptors (Lipinski definition) is 4. The van der Waals surface area contributed by atoms with Crippen molar-refractivity contribution in [2.45, 2.75) is 31.4 Å². The molecule has 0 aromatic heterocycles. The van der Waals surface area contributed by atoms with Gasteiger partial charge in [0.2, 0.25) is 0 Å². The minimum absolute atomic E-state index is 0.00901. The van der Waals surface area contributed by atoms with Crippen LogP contribution in [0.1, 0.15) is 31.4 Å². The van der Waals surface area contributed by atoms with Gasteiger partial charge in [0.15, 0.2) is 0 Å². The van der Waals surface area contributed by atoms with Crippen LogP contribution in [0.2, 0.25) is 0 Å². The zero-order valence-corrected chi connectivity index (χ0v) is 13.7. The lowest BCUT2D eigenvalue weighted by molar-refractivity contribution is -0.0522. The van der Waals surface area contributed by atoms with Crippen LogP contribution in [-0.2, 0) is 4.74 Å². The van der Waals surface area contributed by atoms with Crippen LogP contribution in [0.3, 0.4) is 0 Å². The van der Waals surface area contributed by atoms with Crippen molar-refractivity contribution < 1.29 is 9.47 Å². The molecule has 0 bridgehead atoms. The van der Waals surface area contributed by atoms with Gasteiger partial charge in [0.25, 0.3) is 0 Å². The zero-order valence-electron chi connectivity index (χ0n) is 13.7. The van der Waals surface area contributed by atoms with E-state index in [1.165, 1.54) is 12.0 Å². The van der Waals surface area contributed by atoms with Crippen molar-refractivity contribution in [1.29, 1.82) is 0 Å². The van der Waals surface area contributed by atoms with Crippen molar-refractivity contribution in [3.8, 4) is 5.75 Å². The molecule has 21 heavy (non-hydrogen) atoms. The Kier molecular flexibility index (Phi) is 5.62. The van der Waals surface area contributed by atoms with Crippen molar-refractivity contribution in [2.75, 3.05) is 40.9 Å². The third-order valence-corrected chi connectivity index (χ3v) is 4.52. The van der Waals surface area contributed by atoms with Crippen LogP contribution in [0.15, 0.2) is 24.3 Å². The lowest BCUT2D eigenvalue weighted by Crippen LogP contribution is -2.49. The monoisotopic (exact) mass is 292 g/mol. The molecule has 1 aliphatic heterocycles. The van der Waals surface area contributed by atoms with Crippen LogP contribution in [0.5, 0.6) is 5.75 Å². The Morgan fingerprint density at radius 1 is 1.38 bits per heavy atom. The van der Waals surface area contributed by atoms with Gasteiger partial charge in [-0.1, -0.05) is 12.1 Å². The Morgan fingerprint density at radius 3 is 2.86 bits per heavy atom. The number of ether oxygens (including phenoxy) is 2. The van der Waals surface area contributed by atoms with Crippen molar-refractivity contribution in [2.24, 2.45) is 0 Å². The Hall–Kier alpha value is -1.10. The molecule has 0 aliphatic carbocycles. The lowest BCUT2D eigenvalue weighted by Gasteiger charge is -2.40. The first kappa shape index (κ1) is 16.3. The highest BCUT2D eigenvalue weighted by Gasteiger charge is 2.31.